The van der Waals surface area contributed by atoms with E-state index in [2.05, 4.69) is 4.72 Å². The van der Waals surface area contributed by atoms with E-state index in [0.717, 1.165) is 32.1 Å². The SMILES string of the molecule is CC[C@H](N)C(=O)N1CCCCC1CCNS(C)(=O)=O. The van der Waals surface area contributed by atoms with Crippen molar-refractivity contribution < 1.29 is 13.2 Å². The Bertz CT molecular complexity index is 397. The van der Waals surface area contributed by atoms with E-state index >= 15 is 0 Å². The van der Waals surface area contributed by atoms with Crippen molar-refractivity contribution in [1.82, 2.24) is 9.62 Å². The summed E-state index contributed by atoms with van der Waals surface area (Å²) in [5.74, 6) is -0.00782. The van der Waals surface area contributed by atoms with E-state index < -0.39 is 16.1 Å². The van der Waals surface area contributed by atoms with Crippen LogP contribution in [0.2, 0.25) is 0 Å². The Kier molecular flexibility index (Phi) is 6.22. The summed E-state index contributed by atoms with van der Waals surface area (Å²) < 4.78 is 24.5. The van der Waals surface area contributed by atoms with E-state index in [0.29, 0.717) is 19.4 Å². The smallest absolute Gasteiger partial charge is 0.239 e. The first-order valence-electron chi connectivity index (χ1n) is 6.86. The number of carbonyl (C=O) groups is 1. The molecule has 0 bridgehead atoms. The lowest BCUT2D eigenvalue weighted by atomic mass is 9.98. The van der Waals surface area contributed by atoms with E-state index in [-0.39, 0.29) is 11.9 Å². The molecule has 1 rings (SSSR count). The molecule has 6 nitrogen and oxygen atoms in total. The third-order valence-corrected chi connectivity index (χ3v) is 4.24. The van der Waals surface area contributed by atoms with Gasteiger partial charge in [0.25, 0.3) is 0 Å². The first-order valence-corrected chi connectivity index (χ1v) is 8.75. The molecule has 1 heterocycles. The van der Waals surface area contributed by atoms with Crippen LogP contribution in [0.3, 0.4) is 0 Å². The number of nitrogens with one attached hydrogen (secondary N) is 1. The van der Waals surface area contributed by atoms with Gasteiger partial charge in [-0.2, -0.15) is 0 Å². The predicted molar refractivity (Wildman–Crippen MR) is 75.1 cm³/mol. The Morgan fingerprint density at radius 2 is 2.16 bits per heavy atom. The summed E-state index contributed by atoms with van der Waals surface area (Å²) in [5, 5.41) is 0. The van der Waals surface area contributed by atoms with Crippen molar-refractivity contribution >= 4 is 15.9 Å². The monoisotopic (exact) mass is 291 g/mol. The van der Waals surface area contributed by atoms with E-state index in [9.17, 15) is 13.2 Å². The van der Waals surface area contributed by atoms with Crippen LogP contribution in [-0.2, 0) is 14.8 Å². The standard InChI is InChI=1S/C12H25N3O3S/c1-3-11(13)12(16)15-9-5-4-6-10(15)7-8-14-19(2,17)18/h10-11,14H,3-9,13H2,1-2H3/t10?,11-/m0/s1. The highest BCUT2D eigenvalue weighted by Crippen LogP contribution is 2.20. The van der Waals surface area contributed by atoms with Gasteiger partial charge >= 0.3 is 0 Å². The first kappa shape index (κ1) is 16.4. The fourth-order valence-electron chi connectivity index (χ4n) is 2.39. The van der Waals surface area contributed by atoms with Crippen molar-refractivity contribution in [1.29, 1.82) is 0 Å². The van der Waals surface area contributed by atoms with E-state index in [1.807, 2.05) is 11.8 Å². The Morgan fingerprint density at radius 3 is 2.74 bits per heavy atom. The van der Waals surface area contributed by atoms with Gasteiger partial charge in [0.05, 0.1) is 12.3 Å². The number of carbonyl (C=O) groups excluding carboxylic acids is 1. The molecular formula is C12H25N3O3S. The molecule has 19 heavy (non-hydrogen) atoms. The number of nitrogens with two attached hydrogens (primary N) is 1. The van der Waals surface area contributed by atoms with Crippen molar-refractivity contribution in [2.24, 2.45) is 5.73 Å². The molecule has 1 unspecified atom stereocenters. The third-order valence-electron chi connectivity index (χ3n) is 3.51. The number of sulfonamides is 1. The average Bonchev–Trinajstić information content (AvgIpc) is 2.36. The van der Waals surface area contributed by atoms with Crippen molar-refractivity contribution in [2.75, 3.05) is 19.3 Å². The number of rotatable bonds is 6. The van der Waals surface area contributed by atoms with Gasteiger partial charge in [-0.05, 0) is 32.1 Å². The molecule has 0 spiro atoms. The maximum atomic E-state index is 12.2. The Hall–Kier alpha value is -0.660. The van der Waals surface area contributed by atoms with Gasteiger partial charge in [0.2, 0.25) is 15.9 Å². The minimum Gasteiger partial charge on any atom is -0.338 e. The van der Waals surface area contributed by atoms with Crippen LogP contribution in [0.25, 0.3) is 0 Å². The molecule has 0 aliphatic carbocycles. The van der Waals surface area contributed by atoms with Crippen LogP contribution < -0.4 is 10.5 Å². The van der Waals surface area contributed by atoms with Crippen LogP contribution in [0.1, 0.15) is 39.0 Å². The molecule has 1 aliphatic heterocycles. The Labute approximate surface area is 115 Å². The second-order valence-electron chi connectivity index (χ2n) is 5.15. The average molecular weight is 291 g/mol. The molecule has 1 amide bonds. The molecule has 0 radical (unpaired) electrons. The first-order chi connectivity index (χ1) is 8.85. The summed E-state index contributed by atoms with van der Waals surface area (Å²) in [6.07, 6.45) is 5.42. The molecule has 7 heteroatoms. The predicted octanol–water partition coefficient (Wildman–Crippen LogP) is 0.0441. The van der Waals surface area contributed by atoms with E-state index in [4.69, 9.17) is 5.73 Å². The van der Waals surface area contributed by atoms with Crippen molar-refractivity contribution in [2.45, 2.75) is 51.1 Å². The van der Waals surface area contributed by atoms with Crippen LogP contribution in [0.4, 0.5) is 0 Å². The molecule has 3 N–H and O–H groups in total. The van der Waals surface area contributed by atoms with Gasteiger partial charge in [-0.1, -0.05) is 6.92 Å². The molecule has 1 saturated heterocycles. The molecule has 2 atom stereocenters. The second kappa shape index (κ2) is 7.21. The topological polar surface area (TPSA) is 92.5 Å². The zero-order valence-electron chi connectivity index (χ0n) is 11.8. The fraction of sp³-hybridized carbons (Fsp3) is 0.917. The maximum absolute atomic E-state index is 12.2. The number of hydrogen-bond acceptors (Lipinski definition) is 4. The van der Waals surface area contributed by atoms with Crippen LogP contribution in [-0.4, -0.2) is 50.7 Å². The molecule has 0 aromatic heterocycles. The Balaban J connectivity index is 2.55. The number of nitrogens with zero attached hydrogens (tertiary/aromatic N) is 1. The molecule has 112 valence electrons. The van der Waals surface area contributed by atoms with Crippen molar-refractivity contribution in [3.8, 4) is 0 Å². The largest absolute Gasteiger partial charge is 0.338 e. The number of amides is 1. The zero-order valence-corrected chi connectivity index (χ0v) is 12.6. The van der Waals surface area contributed by atoms with E-state index in [1.165, 1.54) is 0 Å². The van der Waals surface area contributed by atoms with Gasteiger partial charge in [0, 0.05) is 19.1 Å². The van der Waals surface area contributed by atoms with Crippen LogP contribution in [0, 0.1) is 0 Å². The zero-order chi connectivity index (χ0) is 14.5. The van der Waals surface area contributed by atoms with Gasteiger partial charge in [0.1, 0.15) is 0 Å². The fourth-order valence-corrected chi connectivity index (χ4v) is 2.88. The highest BCUT2D eigenvalue weighted by Gasteiger charge is 2.28. The number of piperidine rings is 1. The quantitative estimate of drug-likeness (QED) is 0.723. The lowest BCUT2D eigenvalue weighted by Gasteiger charge is -2.37. The van der Waals surface area contributed by atoms with Gasteiger partial charge in [-0.15, -0.1) is 0 Å². The van der Waals surface area contributed by atoms with Crippen LogP contribution in [0.15, 0.2) is 0 Å². The Morgan fingerprint density at radius 1 is 1.47 bits per heavy atom. The van der Waals surface area contributed by atoms with Gasteiger partial charge in [-0.25, -0.2) is 13.1 Å². The molecule has 0 saturated carbocycles. The summed E-state index contributed by atoms with van der Waals surface area (Å²) in [7, 11) is -3.16. The normalized spacial score (nSPS) is 22.3. The maximum Gasteiger partial charge on any atom is 0.239 e. The molecule has 1 fully saturated rings. The lowest BCUT2D eigenvalue weighted by Crippen LogP contribution is -2.51. The highest BCUT2D eigenvalue weighted by atomic mass is 32.2. The second-order valence-corrected chi connectivity index (χ2v) is 6.98. The summed E-state index contributed by atoms with van der Waals surface area (Å²) in [5.41, 5.74) is 5.80. The minimum atomic E-state index is -3.16. The van der Waals surface area contributed by atoms with Gasteiger partial charge in [0.15, 0.2) is 0 Å². The molecular weight excluding hydrogens is 266 g/mol. The summed E-state index contributed by atoms with van der Waals surface area (Å²) in [6.45, 7) is 3.00. The van der Waals surface area contributed by atoms with Crippen molar-refractivity contribution in [3.05, 3.63) is 0 Å². The molecule has 0 aromatic carbocycles. The van der Waals surface area contributed by atoms with Crippen molar-refractivity contribution in [3.63, 3.8) is 0 Å². The molecule has 0 aromatic rings. The van der Waals surface area contributed by atoms with Gasteiger partial charge in [-0.3, -0.25) is 4.79 Å². The van der Waals surface area contributed by atoms with Crippen LogP contribution >= 0.6 is 0 Å². The minimum absolute atomic E-state index is 0.00782. The summed E-state index contributed by atoms with van der Waals surface area (Å²) >= 11 is 0. The third kappa shape index (κ3) is 5.46. The van der Waals surface area contributed by atoms with Gasteiger partial charge < -0.3 is 10.6 Å². The van der Waals surface area contributed by atoms with Crippen LogP contribution in [0.5, 0.6) is 0 Å². The summed E-state index contributed by atoms with van der Waals surface area (Å²) in [6, 6.07) is -0.337. The lowest BCUT2D eigenvalue weighted by molar-refractivity contribution is -0.136. The number of hydrogen-bond donors (Lipinski definition) is 2. The van der Waals surface area contributed by atoms with E-state index in [1.54, 1.807) is 0 Å². The summed E-state index contributed by atoms with van der Waals surface area (Å²) in [4.78, 5) is 14.0. The number of likely N-dealkylation sites (tertiary alicyclic amines) is 1. The highest BCUT2D eigenvalue weighted by molar-refractivity contribution is 7.88. The molecule has 1 aliphatic rings.